The number of nitrogens with zero attached hydrogens (tertiary/aromatic N) is 1. The Morgan fingerprint density at radius 1 is 1.33 bits per heavy atom. The van der Waals surface area contributed by atoms with Gasteiger partial charge in [-0.1, -0.05) is 11.7 Å². The van der Waals surface area contributed by atoms with Crippen LogP contribution in [-0.4, -0.2) is 12.6 Å². The Labute approximate surface area is 35.8 Å². The molecule has 0 bridgehead atoms. The summed E-state index contributed by atoms with van der Waals surface area (Å²) in [6.07, 6.45) is 0. The molecule has 0 aromatic rings. The van der Waals surface area contributed by atoms with Crippen LogP contribution in [0, 0.1) is 0 Å². The van der Waals surface area contributed by atoms with Crippen LogP contribution in [0.4, 0.5) is 0 Å². The van der Waals surface area contributed by atoms with E-state index in [0.717, 1.165) is 0 Å². The Kier molecular flexibility index (Phi) is 1.71. The average molecular weight is 110 g/mol. The normalized spacial score (nSPS) is 7.67. The number of hydrazine groups is 2. The minimum atomic E-state index is -2.48. The summed E-state index contributed by atoms with van der Waals surface area (Å²) in [4.78, 5) is 0. The van der Waals surface area contributed by atoms with Crippen LogP contribution < -0.4 is 11.7 Å². The van der Waals surface area contributed by atoms with Crippen molar-refractivity contribution in [2.75, 3.05) is 0 Å². The van der Waals surface area contributed by atoms with Gasteiger partial charge in [-0.3, -0.25) is 0 Å². The second-order valence-electron chi connectivity index (χ2n) is 0.577. The third kappa shape index (κ3) is 1.82. The zero-order valence-corrected chi connectivity index (χ0v) is 3.64. The highest BCUT2D eigenvalue weighted by molar-refractivity contribution is 7.58. The van der Waals surface area contributed by atoms with Crippen LogP contribution in [0.5, 0.6) is 0 Å². The molecule has 0 aliphatic rings. The van der Waals surface area contributed by atoms with Crippen LogP contribution in [0.3, 0.4) is 0 Å². The van der Waals surface area contributed by atoms with Crippen molar-refractivity contribution in [1.29, 1.82) is 0 Å². The molecule has 5 nitrogen and oxygen atoms in total. The third-order valence-electron chi connectivity index (χ3n) is 0.172. The van der Waals surface area contributed by atoms with Crippen LogP contribution in [0.2, 0.25) is 0 Å². The fourth-order valence-corrected chi connectivity index (χ4v) is 0. The molecule has 0 amide bonds. The first-order valence-corrected chi connectivity index (χ1v) is 2.06. The van der Waals surface area contributed by atoms with Crippen LogP contribution in [-0.2, 0) is 10.5 Å². The first-order chi connectivity index (χ1) is 2.64. The van der Waals surface area contributed by atoms with Crippen molar-refractivity contribution in [2.45, 2.75) is 0 Å². The van der Waals surface area contributed by atoms with Gasteiger partial charge in [0.2, 0.25) is 0 Å². The summed E-state index contributed by atoms with van der Waals surface area (Å²) < 4.78 is 18.8. The van der Waals surface area contributed by atoms with Gasteiger partial charge in [0.15, 0.2) is 0 Å². The van der Waals surface area contributed by atoms with Gasteiger partial charge in [0.05, 0.1) is 4.16 Å². The van der Waals surface area contributed by atoms with E-state index in [4.69, 9.17) is 0 Å². The largest absolute Gasteiger partial charge is 0.507 e. The summed E-state index contributed by atoms with van der Waals surface area (Å²) in [5, 5.41) is 0. The lowest BCUT2D eigenvalue weighted by molar-refractivity contribution is -0.527. The summed E-state index contributed by atoms with van der Waals surface area (Å²) in [6, 6.07) is 0. The van der Waals surface area contributed by atoms with Crippen LogP contribution in [0.15, 0.2) is 0 Å². The molecule has 0 fully saturated rings. The molecule has 0 spiro atoms. The van der Waals surface area contributed by atoms with Gasteiger partial charge in [0, 0.05) is 0 Å². The third-order valence-corrected chi connectivity index (χ3v) is 0.516. The maximum Gasteiger partial charge on any atom is 0.507 e. The number of rotatable bonds is 0. The SMILES string of the molecule is N[N+](N)=S(=O)=O. The van der Waals surface area contributed by atoms with E-state index in [1.54, 1.807) is 0 Å². The molecule has 6 heteroatoms. The van der Waals surface area contributed by atoms with Crippen LogP contribution in [0.25, 0.3) is 0 Å². The van der Waals surface area contributed by atoms with E-state index in [0.29, 0.717) is 0 Å². The molecule has 6 heavy (non-hydrogen) atoms. The molecule has 0 aromatic carbocycles. The number of hydrogen-bond acceptors (Lipinski definition) is 2. The number of nitrogens with two attached hydrogens (primary N) is 2. The van der Waals surface area contributed by atoms with Gasteiger partial charge in [-0.2, -0.15) is 0 Å². The Morgan fingerprint density at radius 3 is 1.50 bits per heavy atom. The average Bonchev–Trinajstić information content (AvgIpc) is 1.36. The van der Waals surface area contributed by atoms with E-state index in [-0.39, 0.29) is 4.16 Å². The lowest BCUT2D eigenvalue weighted by Gasteiger charge is -1.59. The van der Waals surface area contributed by atoms with E-state index >= 15 is 0 Å². The van der Waals surface area contributed by atoms with Crippen molar-refractivity contribution in [3.8, 4) is 0 Å². The van der Waals surface area contributed by atoms with Gasteiger partial charge in [-0.15, -0.1) is 8.42 Å². The molecule has 0 aromatic heterocycles. The maximum absolute atomic E-state index is 9.38. The highest BCUT2D eigenvalue weighted by Crippen LogP contribution is 1.28. The second kappa shape index (κ2) is 1.85. The number of hydrogen-bond donors (Lipinski definition) is 2. The van der Waals surface area contributed by atoms with Crippen molar-refractivity contribution in [2.24, 2.45) is 11.7 Å². The molecule has 4 N–H and O–H groups in total. The summed E-state index contributed by atoms with van der Waals surface area (Å²) >= 11 is 0. The van der Waals surface area contributed by atoms with Gasteiger partial charge >= 0.3 is 10.5 Å². The zero-order valence-electron chi connectivity index (χ0n) is 2.83. The Morgan fingerprint density at radius 2 is 1.50 bits per heavy atom. The summed E-state index contributed by atoms with van der Waals surface area (Å²) in [5.41, 5.74) is 0. The molecular weight excluding hydrogens is 106 g/mol. The molecule has 0 atom stereocenters. The fourth-order valence-electron chi connectivity index (χ4n) is 0. The fraction of sp³-hybridized carbons (Fsp3) is 0. The van der Waals surface area contributed by atoms with Crippen molar-refractivity contribution in [1.82, 2.24) is 0 Å². The molecule has 0 saturated heterocycles. The lowest BCUT2D eigenvalue weighted by atomic mass is 12.6. The molecule has 0 unspecified atom stereocenters. The Hall–Kier alpha value is -0.460. The summed E-state index contributed by atoms with van der Waals surface area (Å²) in [5.74, 6) is 8.87. The predicted molar refractivity (Wildman–Crippen MR) is 17.6 cm³/mol. The summed E-state index contributed by atoms with van der Waals surface area (Å²) in [6.45, 7) is 0. The first kappa shape index (κ1) is 5.54. The molecule has 0 heterocycles. The van der Waals surface area contributed by atoms with Gasteiger partial charge in [-0.05, 0) is 0 Å². The second-order valence-corrected chi connectivity index (χ2v) is 1.43. The molecular formula is H4N3O2S+. The Bertz CT molecular complexity index is 140. The van der Waals surface area contributed by atoms with Crippen LogP contribution in [0.1, 0.15) is 0 Å². The van der Waals surface area contributed by atoms with Crippen LogP contribution >= 0.6 is 0 Å². The molecule has 0 rings (SSSR count). The smallest absolute Gasteiger partial charge is 0.119 e. The highest BCUT2D eigenvalue weighted by atomic mass is 32.2. The maximum atomic E-state index is 9.38. The highest BCUT2D eigenvalue weighted by Gasteiger charge is 1.80. The van der Waals surface area contributed by atoms with Gasteiger partial charge in [-0.25, -0.2) is 0 Å². The van der Waals surface area contributed by atoms with Gasteiger partial charge in [0.1, 0.15) is 0 Å². The van der Waals surface area contributed by atoms with Crippen molar-refractivity contribution in [3.63, 3.8) is 0 Å². The summed E-state index contributed by atoms with van der Waals surface area (Å²) in [7, 11) is -2.48. The Balaban J connectivity index is 4.58. The minimum absolute atomic E-state index is 0.0833. The van der Waals surface area contributed by atoms with E-state index in [1.165, 1.54) is 0 Å². The van der Waals surface area contributed by atoms with E-state index in [2.05, 4.69) is 11.7 Å². The van der Waals surface area contributed by atoms with Gasteiger partial charge in [0.25, 0.3) is 0 Å². The van der Waals surface area contributed by atoms with E-state index in [1.807, 2.05) is 0 Å². The molecule has 0 aliphatic carbocycles. The van der Waals surface area contributed by atoms with E-state index in [9.17, 15) is 8.42 Å². The topological polar surface area (TPSA) is 89.2 Å². The zero-order chi connectivity index (χ0) is 5.15. The van der Waals surface area contributed by atoms with Gasteiger partial charge < -0.3 is 0 Å². The standard InChI is InChI=1S/H4N3O2S/c1-3(2)6(4)5/h1-2H2/q+1. The van der Waals surface area contributed by atoms with Crippen molar-refractivity contribution < 1.29 is 12.6 Å². The first-order valence-electron chi connectivity index (χ1n) is 1.03. The monoisotopic (exact) mass is 110 g/mol. The molecule has 36 valence electrons. The van der Waals surface area contributed by atoms with Crippen molar-refractivity contribution >= 4 is 10.5 Å². The quantitative estimate of drug-likeness (QED) is 0.210. The lowest BCUT2D eigenvalue weighted by Crippen LogP contribution is -2.25. The molecule has 0 radical (unpaired) electrons. The van der Waals surface area contributed by atoms with Crippen molar-refractivity contribution in [3.05, 3.63) is 0 Å². The minimum Gasteiger partial charge on any atom is -0.119 e. The predicted octanol–water partition coefficient (Wildman–Crippen LogP) is -2.19. The van der Waals surface area contributed by atoms with E-state index < -0.39 is 10.5 Å². The molecule has 0 saturated carbocycles. The molecule has 0 aliphatic heterocycles.